The highest BCUT2D eigenvalue weighted by Gasteiger charge is 2.17. The van der Waals surface area contributed by atoms with Crippen molar-refractivity contribution < 1.29 is 14.3 Å². The predicted molar refractivity (Wildman–Crippen MR) is 76.3 cm³/mol. The van der Waals surface area contributed by atoms with Gasteiger partial charge in [0.05, 0.1) is 22.2 Å². The second kappa shape index (κ2) is 4.90. The number of fused-ring (bicyclic) bond motifs is 1. The molecule has 2 N–H and O–H groups in total. The summed E-state index contributed by atoms with van der Waals surface area (Å²) < 4.78 is 14.2. The normalized spacial score (nSPS) is 11.4. The fourth-order valence-corrected chi connectivity index (χ4v) is 2.55. The molecular formula is C14H9FN2O2S. The fourth-order valence-electron chi connectivity index (χ4n) is 1.93. The summed E-state index contributed by atoms with van der Waals surface area (Å²) in [5.74, 6) is -2.06. The largest absolute Gasteiger partial charge is 0.478 e. The molecule has 6 heteroatoms. The molecule has 3 rings (SSSR count). The van der Waals surface area contributed by atoms with Crippen LogP contribution in [0.15, 0.2) is 29.6 Å². The van der Waals surface area contributed by atoms with Gasteiger partial charge in [0.15, 0.2) is 0 Å². The lowest BCUT2D eigenvalue weighted by atomic mass is 10.1. The van der Waals surface area contributed by atoms with Gasteiger partial charge in [-0.05, 0) is 35.7 Å². The number of carboxylic acid groups (broad SMARTS) is 1. The van der Waals surface area contributed by atoms with E-state index in [0.29, 0.717) is 11.2 Å². The van der Waals surface area contributed by atoms with E-state index < -0.39 is 11.8 Å². The Kier molecular flexibility index (Phi) is 3.08. The van der Waals surface area contributed by atoms with Crippen molar-refractivity contribution in [2.24, 2.45) is 0 Å². The van der Waals surface area contributed by atoms with Gasteiger partial charge in [-0.2, -0.15) is 5.10 Å². The molecule has 0 amide bonds. The Morgan fingerprint density at radius 1 is 1.35 bits per heavy atom. The minimum Gasteiger partial charge on any atom is -0.478 e. The molecule has 0 unspecified atom stereocenters. The number of aromatic carboxylic acids is 1. The van der Waals surface area contributed by atoms with Crippen molar-refractivity contribution in [3.05, 3.63) is 51.6 Å². The first-order valence-corrected chi connectivity index (χ1v) is 6.66. The number of halogens is 1. The molecule has 0 atom stereocenters. The van der Waals surface area contributed by atoms with Gasteiger partial charge in [-0.1, -0.05) is 6.07 Å². The smallest absolute Gasteiger partial charge is 0.338 e. The molecule has 0 radical (unpaired) electrons. The summed E-state index contributed by atoms with van der Waals surface area (Å²) in [4.78, 5) is 12.0. The highest BCUT2D eigenvalue weighted by Crippen LogP contribution is 2.24. The van der Waals surface area contributed by atoms with Crippen LogP contribution < -0.4 is 0 Å². The molecule has 0 saturated heterocycles. The minimum atomic E-state index is -1.29. The van der Waals surface area contributed by atoms with Crippen molar-refractivity contribution in [3.63, 3.8) is 0 Å². The number of nitrogens with one attached hydrogen (secondary N) is 1. The zero-order valence-corrected chi connectivity index (χ0v) is 10.9. The van der Waals surface area contributed by atoms with Crippen molar-refractivity contribution in [2.75, 3.05) is 0 Å². The number of thiophene rings is 1. The summed E-state index contributed by atoms with van der Waals surface area (Å²) >= 11 is 1.55. The predicted octanol–water partition coefficient (Wildman–Crippen LogP) is 3.63. The van der Waals surface area contributed by atoms with Crippen LogP contribution in [0.1, 0.15) is 20.9 Å². The van der Waals surface area contributed by atoms with Crippen LogP contribution in [0.3, 0.4) is 0 Å². The molecule has 0 bridgehead atoms. The number of H-pyrrole nitrogens is 1. The van der Waals surface area contributed by atoms with Gasteiger partial charge in [0.2, 0.25) is 0 Å². The monoisotopic (exact) mass is 288 g/mol. The number of hydrogen-bond donors (Lipinski definition) is 2. The van der Waals surface area contributed by atoms with E-state index in [9.17, 15) is 9.18 Å². The van der Waals surface area contributed by atoms with Gasteiger partial charge in [-0.3, -0.25) is 5.10 Å². The first-order chi connectivity index (χ1) is 9.66. The summed E-state index contributed by atoms with van der Waals surface area (Å²) in [6, 6.07) is 6.55. The van der Waals surface area contributed by atoms with E-state index in [4.69, 9.17) is 5.11 Å². The maximum Gasteiger partial charge on any atom is 0.338 e. The van der Waals surface area contributed by atoms with Crippen LogP contribution in [0.2, 0.25) is 0 Å². The zero-order valence-electron chi connectivity index (χ0n) is 10.1. The third-order valence-electron chi connectivity index (χ3n) is 2.87. The van der Waals surface area contributed by atoms with Gasteiger partial charge in [0, 0.05) is 4.88 Å². The van der Waals surface area contributed by atoms with Crippen molar-refractivity contribution in [1.29, 1.82) is 0 Å². The lowest BCUT2D eigenvalue weighted by Gasteiger charge is -1.98. The van der Waals surface area contributed by atoms with E-state index in [1.807, 2.05) is 23.6 Å². The van der Waals surface area contributed by atoms with E-state index in [1.54, 1.807) is 17.4 Å². The molecular weight excluding hydrogens is 279 g/mol. The average molecular weight is 288 g/mol. The van der Waals surface area contributed by atoms with Crippen LogP contribution in [-0.2, 0) is 0 Å². The molecule has 0 saturated carbocycles. The van der Waals surface area contributed by atoms with Crippen molar-refractivity contribution in [1.82, 2.24) is 10.2 Å². The van der Waals surface area contributed by atoms with Gasteiger partial charge in [0.1, 0.15) is 5.82 Å². The molecule has 0 fully saturated rings. The first-order valence-electron chi connectivity index (χ1n) is 5.78. The van der Waals surface area contributed by atoms with Crippen LogP contribution in [0, 0.1) is 5.82 Å². The van der Waals surface area contributed by atoms with Gasteiger partial charge in [0.25, 0.3) is 0 Å². The molecule has 100 valence electrons. The number of carboxylic acids is 1. The zero-order chi connectivity index (χ0) is 14.1. The second-order valence-corrected chi connectivity index (χ2v) is 5.09. The Bertz CT molecular complexity index is 806. The maximum absolute atomic E-state index is 14.2. The molecule has 3 aromatic rings. The Labute approximate surface area is 117 Å². The van der Waals surface area contributed by atoms with Crippen molar-refractivity contribution in [3.8, 4) is 0 Å². The number of aromatic amines is 1. The lowest BCUT2D eigenvalue weighted by molar-refractivity contribution is 0.0692. The average Bonchev–Trinajstić information content (AvgIpc) is 3.05. The van der Waals surface area contributed by atoms with E-state index in [-0.39, 0.29) is 10.9 Å². The third-order valence-corrected chi connectivity index (χ3v) is 3.71. The molecule has 0 aliphatic heterocycles. The Morgan fingerprint density at radius 3 is 2.90 bits per heavy atom. The molecule has 0 aliphatic carbocycles. The quantitative estimate of drug-likeness (QED) is 0.773. The van der Waals surface area contributed by atoms with E-state index in [0.717, 1.165) is 4.88 Å². The topological polar surface area (TPSA) is 66.0 Å². The number of aromatic nitrogens is 2. The Balaban J connectivity index is 2.12. The highest BCUT2D eigenvalue weighted by molar-refractivity contribution is 7.10. The van der Waals surface area contributed by atoms with Gasteiger partial charge in [-0.25, -0.2) is 9.18 Å². The molecule has 1 aromatic carbocycles. The minimum absolute atomic E-state index is 0.192. The maximum atomic E-state index is 14.2. The number of rotatable bonds is 3. The van der Waals surface area contributed by atoms with Crippen LogP contribution in [0.4, 0.5) is 4.39 Å². The first kappa shape index (κ1) is 12.6. The number of carbonyl (C=O) groups is 1. The molecule has 2 aromatic heterocycles. The summed E-state index contributed by atoms with van der Waals surface area (Å²) in [7, 11) is 0. The van der Waals surface area contributed by atoms with E-state index in [2.05, 4.69) is 10.2 Å². The Hall–Kier alpha value is -2.47. The Morgan fingerprint density at radius 2 is 2.20 bits per heavy atom. The molecule has 0 spiro atoms. The van der Waals surface area contributed by atoms with Gasteiger partial charge >= 0.3 is 5.97 Å². The van der Waals surface area contributed by atoms with E-state index in [1.165, 1.54) is 12.1 Å². The standard InChI is InChI=1S/C14H9FN2O2S/c15-13-9(14(18)19)4-6-11-12(13)10(16-17-11)5-3-8-2-1-7-20-8/h1-7H,(H,16,17)(H,18,19)/b5-3+. The van der Waals surface area contributed by atoms with Crippen LogP contribution in [-0.4, -0.2) is 21.3 Å². The van der Waals surface area contributed by atoms with Crippen LogP contribution >= 0.6 is 11.3 Å². The summed E-state index contributed by atoms with van der Waals surface area (Å²) in [5.41, 5.74) is 0.497. The number of benzene rings is 1. The molecule has 0 aliphatic rings. The van der Waals surface area contributed by atoms with Crippen LogP contribution in [0.25, 0.3) is 23.1 Å². The summed E-state index contributed by atoms with van der Waals surface area (Å²) in [6.07, 6.45) is 3.51. The number of nitrogens with zero attached hydrogens (tertiary/aromatic N) is 1. The SMILES string of the molecule is O=C(O)c1ccc2n[nH]c(/C=C/c3cccs3)c2c1F. The highest BCUT2D eigenvalue weighted by atomic mass is 32.1. The summed E-state index contributed by atoms with van der Waals surface area (Å²) in [5, 5.41) is 17.8. The number of hydrogen-bond acceptors (Lipinski definition) is 3. The van der Waals surface area contributed by atoms with Gasteiger partial charge < -0.3 is 5.11 Å². The van der Waals surface area contributed by atoms with Crippen molar-refractivity contribution >= 4 is 40.4 Å². The lowest BCUT2D eigenvalue weighted by Crippen LogP contribution is -2.00. The molecule has 20 heavy (non-hydrogen) atoms. The molecule has 2 heterocycles. The van der Waals surface area contributed by atoms with Crippen molar-refractivity contribution in [2.45, 2.75) is 0 Å². The third kappa shape index (κ3) is 2.10. The van der Waals surface area contributed by atoms with Gasteiger partial charge in [-0.15, -0.1) is 11.3 Å². The summed E-state index contributed by atoms with van der Waals surface area (Å²) in [6.45, 7) is 0. The fraction of sp³-hybridized carbons (Fsp3) is 0. The van der Waals surface area contributed by atoms with E-state index >= 15 is 0 Å². The second-order valence-electron chi connectivity index (χ2n) is 4.11. The molecule has 4 nitrogen and oxygen atoms in total. The van der Waals surface area contributed by atoms with Crippen LogP contribution in [0.5, 0.6) is 0 Å².